The van der Waals surface area contributed by atoms with E-state index in [9.17, 15) is 18.0 Å². The first-order valence-corrected chi connectivity index (χ1v) is 7.39. The molecule has 2 aliphatic rings. The summed E-state index contributed by atoms with van der Waals surface area (Å²) in [5.41, 5.74) is -0.858. The van der Waals surface area contributed by atoms with Gasteiger partial charge in [0.2, 0.25) is 5.91 Å². The number of anilines is 1. The highest BCUT2D eigenvalue weighted by Crippen LogP contribution is 2.34. The number of nitrogens with one attached hydrogen (secondary N) is 1. The quantitative estimate of drug-likeness (QED) is 0.932. The summed E-state index contributed by atoms with van der Waals surface area (Å²) in [5.74, 6) is -0.128. The molecule has 1 aromatic rings. The average Bonchev–Trinajstić information content (AvgIpc) is 2.91. The molecule has 2 fully saturated rings. The van der Waals surface area contributed by atoms with E-state index in [4.69, 9.17) is 0 Å². The molecule has 8 heteroatoms. The van der Waals surface area contributed by atoms with E-state index in [0.29, 0.717) is 30.7 Å². The second-order valence-electron chi connectivity index (χ2n) is 5.23. The molecule has 110 valence electrons. The molecule has 1 saturated heterocycles. The Balaban J connectivity index is 1.61. The molecular weight excluding hydrogens is 291 g/mol. The molecule has 0 aromatic carbocycles. The van der Waals surface area contributed by atoms with Crippen molar-refractivity contribution in [1.29, 1.82) is 0 Å². The van der Waals surface area contributed by atoms with E-state index in [-0.39, 0.29) is 11.8 Å². The Labute approximate surface area is 118 Å². The Bertz CT molecular complexity index is 512. The number of nitrogens with zero attached hydrogens (tertiary/aromatic N) is 2. The Morgan fingerprint density at radius 3 is 2.75 bits per heavy atom. The number of thiazole rings is 1. The molecular formula is C12H14F3N3OS. The van der Waals surface area contributed by atoms with Gasteiger partial charge in [-0.05, 0) is 19.3 Å². The van der Waals surface area contributed by atoms with Crippen LogP contribution in [0.15, 0.2) is 5.38 Å². The Kier molecular flexibility index (Phi) is 3.35. The van der Waals surface area contributed by atoms with Crippen molar-refractivity contribution in [1.82, 2.24) is 10.3 Å². The van der Waals surface area contributed by atoms with Crippen LogP contribution >= 0.6 is 11.3 Å². The van der Waals surface area contributed by atoms with Gasteiger partial charge in [0.05, 0.1) is 5.92 Å². The number of hydrogen-bond donors (Lipinski definition) is 1. The van der Waals surface area contributed by atoms with Crippen molar-refractivity contribution in [3.8, 4) is 0 Å². The molecule has 0 radical (unpaired) electrons. The van der Waals surface area contributed by atoms with Crippen LogP contribution in [0, 0.1) is 5.92 Å². The zero-order chi connectivity index (χ0) is 14.3. The van der Waals surface area contributed by atoms with Crippen LogP contribution in [0.2, 0.25) is 0 Å². The molecule has 2 heterocycles. The van der Waals surface area contributed by atoms with Gasteiger partial charge in [-0.15, -0.1) is 11.3 Å². The third-order valence-corrected chi connectivity index (χ3v) is 4.44. The van der Waals surface area contributed by atoms with Crippen LogP contribution in [-0.4, -0.2) is 30.0 Å². The van der Waals surface area contributed by atoms with Gasteiger partial charge in [0.25, 0.3) is 0 Å². The van der Waals surface area contributed by atoms with Crippen LogP contribution < -0.4 is 10.2 Å². The maximum absolute atomic E-state index is 12.5. The monoisotopic (exact) mass is 305 g/mol. The normalized spacial score (nSPS) is 23.1. The molecule has 1 N–H and O–H groups in total. The van der Waals surface area contributed by atoms with Crippen LogP contribution in [-0.2, 0) is 11.0 Å². The van der Waals surface area contributed by atoms with Crippen LogP contribution in [0.5, 0.6) is 0 Å². The zero-order valence-electron chi connectivity index (χ0n) is 10.6. The first-order valence-electron chi connectivity index (χ1n) is 6.51. The Morgan fingerprint density at radius 2 is 2.15 bits per heavy atom. The number of aromatic nitrogens is 1. The van der Waals surface area contributed by atoms with Gasteiger partial charge < -0.3 is 10.2 Å². The summed E-state index contributed by atoms with van der Waals surface area (Å²) in [7, 11) is 0. The van der Waals surface area contributed by atoms with Crippen molar-refractivity contribution in [2.45, 2.75) is 31.5 Å². The van der Waals surface area contributed by atoms with Gasteiger partial charge in [-0.1, -0.05) is 0 Å². The molecule has 1 atom stereocenters. The molecule has 1 saturated carbocycles. The van der Waals surface area contributed by atoms with Gasteiger partial charge in [0.1, 0.15) is 0 Å². The summed E-state index contributed by atoms with van der Waals surface area (Å²) in [6.45, 7) is 1.02. The van der Waals surface area contributed by atoms with Crippen molar-refractivity contribution in [2.75, 3.05) is 18.0 Å². The van der Waals surface area contributed by atoms with Crippen molar-refractivity contribution in [3.05, 3.63) is 11.1 Å². The molecule has 1 aliphatic carbocycles. The lowest BCUT2D eigenvalue weighted by Gasteiger charge is -2.14. The minimum Gasteiger partial charge on any atom is -0.353 e. The highest BCUT2D eigenvalue weighted by molar-refractivity contribution is 7.13. The Morgan fingerprint density at radius 1 is 1.40 bits per heavy atom. The fourth-order valence-corrected chi connectivity index (χ4v) is 3.10. The molecule has 0 spiro atoms. The van der Waals surface area contributed by atoms with Gasteiger partial charge in [0, 0.05) is 24.5 Å². The first kappa shape index (κ1) is 13.7. The highest BCUT2D eigenvalue weighted by Gasteiger charge is 2.36. The lowest BCUT2D eigenvalue weighted by atomic mass is 10.1. The average molecular weight is 305 g/mol. The summed E-state index contributed by atoms with van der Waals surface area (Å²) in [4.78, 5) is 17.3. The van der Waals surface area contributed by atoms with Gasteiger partial charge >= 0.3 is 6.18 Å². The molecule has 1 aliphatic heterocycles. The summed E-state index contributed by atoms with van der Waals surface area (Å²) < 4.78 is 37.5. The number of halogens is 3. The fraction of sp³-hybridized carbons (Fsp3) is 0.667. The van der Waals surface area contributed by atoms with E-state index in [1.807, 2.05) is 0 Å². The predicted molar refractivity (Wildman–Crippen MR) is 68.6 cm³/mol. The lowest BCUT2D eigenvalue weighted by Crippen LogP contribution is -2.34. The largest absolute Gasteiger partial charge is 0.434 e. The van der Waals surface area contributed by atoms with E-state index in [2.05, 4.69) is 10.3 Å². The van der Waals surface area contributed by atoms with Crippen LogP contribution in [0.25, 0.3) is 0 Å². The third kappa shape index (κ3) is 2.89. The van der Waals surface area contributed by atoms with Crippen LogP contribution in [0.3, 0.4) is 0 Å². The minimum absolute atomic E-state index is 0.0163. The number of carbonyl (C=O) groups is 1. The molecule has 3 rings (SSSR count). The zero-order valence-corrected chi connectivity index (χ0v) is 11.4. The Hall–Kier alpha value is -1.31. The fourth-order valence-electron chi connectivity index (χ4n) is 2.23. The van der Waals surface area contributed by atoms with E-state index in [1.165, 1.54) is 0 Å². The molecule has 0 bridgehead atoms. The second-order valence-corrected chi connectivity index (χ2v) is 6.06. The van der Waals surface area contributed by atoms with E-state index in [1.54, 1.807) is 4.90 Å². The standard InChI is InChI=1S/C12H14F3N3OS/c13-12(14,15)9-6-20-11(17-9)18-4-3-7(5-18)10(19)16-8-1-2-8/h6-8H,1-5H2,(H,16,19). The molecule has 1 amide bonds. The second kappa shape index (κ2) is 4.91. The highest BCUT2D eigenvalue weighted by atomic mass is 32.1. The van der Waals surface area contributed by atoms with E-state index in [0.717, 1.165) is 29.6 Å². The van der Waals surface area contributed by atoms with E-state index >= 15 is 0 Å². The number of rotatable bonds is 3. The third-order valence-electron chi connectivity index (χ3n) is 3.54. The predicted octanol–water partition coefficient (Wildman–Crippen LogP) is 2.27. The van der Waals surface area contributed by atoms with Gasteiger partial charge in [0.15, 0.2) is 10.8 Å². The van der Waals surface area contributed by atoms with Crippen molar-refractivity contribution >= 4 is 22.4 Å². The summed E-state index contributed by atoms with van der Waals surface area (Å²) in [6, 6.07) is 0.313. The van der Waals surface area contributed by atoms with Crippen LogP contribution in [0.4, 0.5) is 18.3 Å². The first-order chi connectivity index (χ1) is 9.43. The smallest absolute Gasteiger partial charge is 0.353 e. The molecule has 20 heavy (non-hydrogen) atoms. The molecule has 1 unspecified atom stereocenters. The molecule has 4 nitrogen and oxygen atoms in total. The maximum atomic E-state index is 12.5. The number of carbonyl (C=O) groups excluding carboxylic acids is 1. The SMILES string of the molecule is O=C(NC1CC1)C1CCN(c2nc(C(F)(F)F)cs2)C1. The van der Waals surface area contributed by atoms with Gasteiger partial charge in [-0.25, -0.2) is 4.98 Å². The van der Waals surface area contributed by atoms with Crippen LogP contribution in [0.1, 0.15) is 25.0 Å². The van der Waals surface area contributed by atoms with Crippen molar-refractivity contribution in [2.24, 2.45) is 5.92 Å². The van der Waals surface area contributed by atoms with Gasteiger partial charge in [-0.2, -0.15) is 13.2 Å². The van der Waals surface area contributed by atoms with E-state index < -0.39 is 11.9 Å². The molecule has 1 aromatic heterocycles. The number of amides is 1. The number of hydrogen-bond acceptors (Lipinski definition) is 4. The maximum Gasteiger partial charge on any atom is 0.434 e. The topological polar surface area (TPSA) is 45.2 Å². The van der Waals surface area contributed by atoms with Crippen molar-refractivity contribution < 1.29 is 18.0 Å². The van der Waals surface area contributed by atoms with Crippen molar-refractivity contribution in [3.63, 3.8) is 0 Å². The summed E-state index contributed by atoms with van der Waals surface area (Å²) in [5, 5.41) is 4.30. The summed E-state index contributed by atoms with van der Waals surface area (Å²) in [6.07, 6.45) is -1.68. The summed E-state index contributed by atoms with van der Waals surface area (Å²) >= 11 is 0.977. The minimum atomic E-state index is -4.41. The lowest BCUT2D eigenvalue weighted by molar-refractivity contribution is -0.140. The van der Waals surface area contributed by atoms with Gasteiger partial charge in [-0.3, -0.25) is 4.79 Å². The number of alkyl halides is 3.